The fourth-order valence-corrected chi connectivity index (χ4v) is 3.17. The molecule has 0 aliphatic heterocycles. The number of nitrogens with zero attached hydrogens (tertiary/aromatic N) is 4. The lowest BCUT2D eigenvalue weighted by Gasteiger charge is -2.21. The number of ether oxygens (including phenoxy) is 1. The standard InChI is InChI=1S/C18H18ClF5N6O.C4H4O4/c1-9(18(22,23)24)28-16-14(15(19)29-17-26-8-27-30(16)17)13-11(20)6-10(7-12(13)21)31-5-3-4-25-2;5-3(6)1-2-4(7)8/h6-9,25,28H,3-5H2,1-2H3;1-2H,(H,5,6)(H,7,8)/t9-;/m0./s1. The molecule has 0 bridgehead atoms. The molecule has 0 radical (unpaired) electrons. The van der Waals surface area contributed by atoms with E-state index >= 15 is 0 Å². The summed E-state index contributed by atoms with van der Waals surface area (Å²) in [4.78, 5) is 26.8. The smallest absolute Gasteiger partial charge is 0.408 e. The molecule has 3 aromatic rings. The van der Waals surface area contributed by atoms with E-state index in [0.29, 0.717) is 25.1 Å². The molecule has 0 spiro atoms. The van der Waals surface area contributed by atoms with Crippen LogP contribution in [0.2, 0.25) is 5.15 Å². The molecule has 0 saturated carbocycles. The molecule has 1 aromatic carbocycles. The third-order valence-electron chi connectivity index (χ3n) is 4.70. The van der Waals surface area contributed by atoms with Crippen molar-refractivity contribution < 1.29 is 46.5 Å². The van der Waals surface area contributed by atoms with Crippen LogP contribution in [0.1, 0.15) is 13.3 Å². The molecule has 2 heterocycles. The van der Waals surface area contributed by atoms with Gasteiger partial charge in [0.05, 0.1) is 17.7 Å². The Labute approximate surface area is 222 Å². The Bertz CT molecular complexity index is 1310. The lowest BCUT2D eigenvalue weighted by molar-refractivity contribution is -0.138. The number of aromatic nitrogens is 4. The number of carbonyl (C=O) groups is 2. The molecule has 2 aromatic heterocycles. The number of carboxylic acids is 2. The van der Waals surface area contributed by atoms with E-state index in [1.807, 2.05) is 0 Å². The van der Waals surface area contributed by atoms with Crippen LogP contribution < -0.4 is 15.4 Å². The van der Waals surface area contributed by atoms with E-state index in [9.17, 15) is 31.5 Å². The van der Waals surface area contributed by atoms with Crippen molar-refractivity contribution in [1.29, 1.82) is 0 Å². The first-order chi connectivity index (χ1) is 18.3. The highest BCUT2D eigenvalue weighted by Gasteiger charge is 2.37. The lowest BCUT2D eigenvalue weighted by Crippen LogP contribution is -2.34. The van der Waals surface area contributed by atoms with Crippen LogP contribution in [-0.4, -0.2) is 74.2 Å². The van der Waals surface area contributed by atoms with Crippen molar-refractivity contribution in [2.24, 2.45) is 0 Å². The molecule has 0 aliphatic rings. The third kappa shape index (κ3) is 8.75. The second-order valence-corrected chi connectivity index (χ2v) is 7.94. The SMILES string of the molecule is CNCCCOc1cc(F)c(-c2c(Cl)nc3ncnn3c2N[C@@H](C)C(F)(F)F)c(F)c1.O=C(O)C=CC(=O)O. The van der Waals surface area contributed by atoms with Crippen LogP contribution in [0.15, 0.2) is 30.6 Å². The molecule has 0 unspecified atom stereocenters. The number of hydrogen-bond acceptors (Lipinski definition) is 8. The molecule has 0 aliphatic carbocycles. The fourth-order valence-electron chi connectivity index (χ4n) is 2.91. The topological polar surface area (TPSA) is 151 Å². The minimum absolute atomic E-state index is 0.0704. The number of carboxylic acid groups (broad SMARTS) is 2. The molecule has 39 heavy (non-hydrogen) atoms. The minimum atomic E-state index is -4.65. The number of benzene rings is 1. The summed E-state index contributed by atoms with van der Waals surface area (Å²) in [7, 11) is 1.75. The quantitative estimate of drug-likeness (QED) is 0.121. The Morgan fingerprint density at radius 3 is 2.26 bits per heavy atom. The number of alkyl halides is 3. The number of halogens is 6. The molecular weight excluding hydrogens is 559 g/mol. The molecule has 17 heteroatoms. The Kier molecular flexibility index (Phi) is 10.9. The molecule has 1 atom stereocenters. The van der Waals surface area contributed by atoms with E-state index in [1.165, 1.54) is 0 Å². The Morgan fingerprint density at radius 2 is 1.74 bits per heavy atom. The number of hydrogen-bond donors (Lipinski definition) is 4. The van der Waals surface area contributed by atoms with Gasteiger partial charge in [-0.05, 0) is 26.9 Å². The first-order valence-electron chi connectivity index (χ1n) is 10.9. The highest BCUT2D eigenvalue weighted by atomic mass is 35.5. The van der Waals surface area contributed by atoms with Crippen LogP contribution in [0.25, 0.3) is 16.9 Å². The van der Waals surface area contributed by atoms with Crippen molar-refractivity contribution in [2.45, 2.75) is 25.6 Å². The van der Waals surface area contributed by atoms with Crippen LogP contribution in [0, 0.1) is 11.6 Å². The van der Waals surface area contributed by atoms with E-state index in [4.69, 9.17) is 26.6 Å². The molecule has 0 amide bonds. The Hall–Kier alpha value is -4.05. The van der Waals surface area contributed by atoms with Crippen LogP contribution in [0.5, 0.6) is 5.75 Å². The summed E-state index contributed by atoms with van der Waals surface area (Å²) in [6, 6.07) is -0.231. The van der Waals surface area contributed by atoms with Gasteiger partial charge in [-0.25, -0.2) is 18.4 Å². The molecule has 0 saturated heterocycles. The van der Waals surface area contributed by atoms with Crippen molar-refractivity contribution in [3.63, 3.8) is 0 Å². The van der Waals surface area contributed by atoms with E-state index in [1.54, 1.807) is 7.05 Å². The third-order valence-corrected chi connectivity index (χ3v) is 4.97. The maximum Gasteiger partial charge on any atom is 0.408 e. The minimum Gasteiger partial charge on any atom is -0.493 e. The summed E-state index contributed by atoms with van der Waals surface area (Å²) in [5, 5.41) is 24.1. The normalized spacial score (nSPS) is 12.2. The second-order valence-electron chi connectivity index (χ2n) is 7.58. The maximum atomic E-state index is 14.9. The summed E-state index contributed by atoms with van der Waals surface area (Å²) in [5.41, 5.74) is -1.10. The van der Waals surface area contributed by atoms with E-state index in [-0.39, 0.29) is 18.1 Å². The van der Waals surface area contributed by atoms with Gasteiger partial charge < -0.3 is 25.6 Å². The van der Waals surface area contributed by atoms with Gasteiger partial charge in [0.15, 0.2) is 0 Å². The zero-order valence-corrected chi connectivity index (χ0v) is 21.0. The van der Waals surface area contributed by atoms with Crippen molar-refractivity contribution >= 4 is 35.1 Å². The van der Waals surface area contributed by atoms with Crippen LogP contribution in [-0.2, 0) is 9.59 Å². The maximum absolute atomic E-state index is 14.9. The van der Waals surface area contributed by atoms with E-state index < -0.39 is 57.9 Å². The average molecular weight is 581 g/mol. The van der Waals surface area contributed by atoms with Crippen LogP contribution in [0.4, 0.5) is 27.8 Å². The fraction of sp³-hybridized carbons (Fsp3) is 0.318. The predicted molar refractivity (Wildman–Crippen MR) is 129 cm³/mol. The van der Waals surface area contributed by atoms with Crippen molar-refractivity contribution in [3.8, 4) is 16.9 Å². The van der Waals surface area contributed by atoms with Crippen molar-refractivity contribution in [3.05, 3.63) is 47.4 Å². The van der Waals surface area contributed by atoms with Gasteiger partial charge in [0.1, 0.15) is 40.7 Å². The first kappa shape index (κ1) is 31.2. The van der Waals surface area contributed by atoms with Gasteiger partial charge in [-0.3, -0.25) is 0 Å². The van der Waals surface area contributed by atoms with Gasteiger partial charge in [-0.2, -0.15) is 32.8 Å². The van der Waals surface area contributed by atoms with Gasteiger partial charge in [-0.15, -0.1) is 0 Å². The monoisotopic (exact) mass is 580 g/mol. The van der Waals surface area contributed by atoms with Gasteiger partial charge in [-0.1, -0.05) is 11.6 Å². The zero-order valence-electron chi connectivity index (χ0n) is 20.3. The van der Waals surface area contributed by atoms with Gasteiger partial charge in [0, 0.05) is 24.3 Å². The largest absolute Gasteiger partial charge is 0.493 e. The van der Waals surface area contributed by atoms with Crippen molar-refractivity contribution in [2.75, 3.05) is 25.5 Å². The second kappa shape index (κ2) is 13.7. The molecule has 0 fully saturated rings. The van der Waals surface area contributed by atoms with E-state index in [2.05, 4.69) is 25.7 Å². The highest BCUT2D eigenvalue weighted by molar-refractivity contribution is 6.33. The Balaban J connectivity index is 0.000000580. The summed E-state index contributed by atoms with van der Waals surface area (Å²) < 4.78 is 75.5. The molecule has 11 nitrogen and oxygen atoms in total. The van der Waals surface area contributed by atoms with Gasteiger partial charge in [0.2, 0.25) is 0 Å². The molecular formula is C22H22ClF5N6O5. The summed E-state index contributed by atoms with van der Waals surface area (Å²) >= 11 is 6.11. The molecule has 212 valence electrons. The number of rotatable bonds is 10. The average Bonchev–Trinajstić information content (AvgIpc) is 3.29. The Morgan fingerprint density at radius 1 is 1.15 bits per heavy atom. The summed E-state index contributed by atoms with van der Waals surface area (Å²) in [5.74, 6) is -5.31. The van der Waals surface area contributed by atoms with Gasteiger partial charge >= 0.3 is 18.1 Å². The van der Waals surface area contributed by atoms with Crippen LogP contribution in [0.3, 0.4) is 0 Å². The zero-order chi connectivity index (χ0) is 29.3. The van der Waals surface area contributed by atoms with E-state index in [0.717, 1.165) is 29.9 Å². The number of aliphatic carboxylic acids is 2. The van der Waals surface area contributed by atoms with Crippen molar-refractivity contribution in [1.82, 2.24) is 24.9 Å². The molecule has 4 N–H and O–H groups in total. The number of anilines is 1. The highest BCUT2D eigenvalue weighted by Crippen LogP contribution is 2.39. The molecule has 3 rings (SSSR count). The summed E-state index contributed by atoms with van der Waals surface area (Å²) in [6.45, 7) is 1.70. The summed E-state index contributed by atoms with van der Waals surface area (Å²) in [6.07, 6.45) is -1.91. The van der Waals surface area contributed by atoms with Gasteiger partial charge in [0.25, 0.3) is 5.78 Å². The van der Waals surface area contributed by atoms with Crippen LogP contribution >= 0.6 is 11.6 Å². The number of nitrogens with one attached hydrogen (secondary N) is 2. The predicted octanol–water partition coefficient (Wildman–Crippen LogP) is 3.79. The number of fused-ring (bicyclic) bond motifs is 1. The first-order valence-corrected chi connectivity index (χ1v) is 11.3. The lowest BCUT2D eigenvalue weighted by atomic mass is 10.1.